The molecule has 0 fully saturated rings. The average molecular weight is 457 g/mol. The predicted octanol–water partition coefficient (Wildman–Crippen LogP) is 1.10. The maximum Gasteiger partial charge on any atom is 0.303 e. The second-order valence-electron chi connectivity index (χ2n) is 8.58. The van der Waals surface area contributed by atoms with E-state index < -0.39 is 29.7 Å². The molecule has 0 saturated heterocycles. The summed E-state index contributed by atoms with van der Waals surface area (Å²) in [6.45, 7) is 0. The maximum absolute atomic E-state index is 13.8. The van der Waals surface area contributed by atoms with Crippen LogP contribution < -0.4 is 16.4 Å². The Morgan fingerprint density at radius 1 is 1.15 bits per heavy atom. The van der Waals surface area contributed by atoms with Gasteiger partial charge in [0.2, 0.25) is 0 Å². The third-order valence-electron chi connectivity index (χ3n) is 6.22. The highest BCUT2D eigenvalue weighted by molar-refractivity contribution is 6.20. The number of carbonyl (C=O) groups excluding carboxylic acids is 1. The highest BCUT2D eigenvalue weighted by Crippen LogP contribution is 2.37. The van der Waals surface area contributed by atoms with Crippen molar-refractivity contribution in [2.24, 2.45) is 15.7 Å². The SMILES string of the molecule is [2H]C1C=C2C=C3C=CC(=N3)C=c3ccc([nH]3)=CC3=NC(=CC1(C(=O)[C@@H](N)CCC(=O)O)N2C)C=C3. The summed E-state index contributed by atoms with van der Waals surface area (Å²) in [4.78, 5) is 39.2. The molecular formula is C26H25N5O3. The third kappa shape index (κ3) is 4.04. The smallest absolute Gasteiger partial charge is 0.303 e. The van der Waals surface area contributed by atoms with Crippen LogP contribution in [0.4, 0.5) is 0 Å². The molecule has 0 aromatic carbocycles. The predicted molar refractivity (Wildman–Crippen MR) is 131 cm³/mol. The number of rotatable bonds is 5. The first-order valence-corrected chi connectivity index (χ1v) is 11.0. The monoisotopic (exact) mass is 456 g/mol. The van der Waals surface area contributed by atoms with Gasteiger partial charge in [0.15, 0.2) is 5.78 Å². The van der Waals surface area contributed by atoms with E-state index in [9.17, 15) is 9.59 Å². The minimum Gasteiger partial charge on any atom is -0.481 e. The number of carboxylic acids is 1. The van der Waals surface area contributed by atoms with Gasteiger partial charge in [0.1, 0.15) is 5.54 Å². The van der Waals surface area contributed by atoms with Crippen molar-refractivity contribution in [2.45, 2.75) is 30.8 Å². The largest absolute Gasteiger partial charge is 0.481 e. The number of hydrogen-bond donors (Lipinski definition) is 3. The molecule has 8 nitrogen and oxygen atoms in total. The Bertz CT molecular complexity index is 1460. The van der Waals surface area contributed by atoms with Crippen LogP contribution in [-0.2, 0) is 9.59 Å². The second-order valence-corrected chi connectivity index (χ2v) is 8.58. The van der Waals surface area contributed by atoms with Crippen LogP contribution in [0.15, 0.2) is 81.7 Å². The normalized spacial score (nSPS) is 25.9. The summed E-state index contributed by atoms with van der Waals surface area (Å²) in [6, 6.07) is 2.87. The average Bonchev–Trinajstić information content (AvgIpc) is 3.59. The number of nitrogens with one attached hydrogen (secondary N) is 1. The number of nitrogens with two attached hydrogens (primary N) is 1. The first-order valence-electron chi connectivity index (χ1n) is 11.6. The summed E-state index contributed by atoms with van der Waals surface area (Å²) in [5, 5.41) is 10.9. The highest BCUT2D eigenvalue weighted by atomic mass is 16.4. The van der Waals surface area contributed by atoms with Crippen LogP contribution in [0.5, 0.6) is 0 Å². The molecule has 5 rings (SSSR count). The number of aromatic amines is 1. The number of fused-ring (bicyclic) bond motifs is 6. The summed E-state index contributed by atoms with van der Waals surface area (Å²) in [6.07, 6.45) is 15.2. The second kappa shape index (κ2) is 8.39. The van der Waals surface area contributed by atoms with Crippen molar-refractivity contribution < 1.29 is 16.1 Å². The molecule has 4 aliphatic rings. The molecule has 8 heteroatoms. The van der Waals surface area contributed by atoms with Crippen molar-refractivity contribution in [2.75, 3.05) is 7.05 Å². The zero-order chi connectivity index (χ0) is 24.7. The topological polar surface area (TPSA) is 124 Å². The molecule has 172 valence electrons. The zero-order valence-electron chi connectivity index (χ0n) is 19.6. The number of allylic oxidation sites excluding steroid dienone is 5. The molecule has 0 amide bonds. The van der Waals surface area contributed by atoms with E-state index in [1.165, 1.54) is 0 Å². The number of Topliss-reactive ketones (excluding diaryl/α,β-unsaturated/α-hetero) is 1. The minimum atomic E-state index is -1.44. The Morgan fingerprint density at radius 3 is 2.47 bits per heavy atom. The number of carbonyl (C=O) groups is 2. The molecule has 1 aromatic heterocycles. The fourth-order valence-corrected chi connectivity index (χ4v) is 4.37. The van der Waals surface area contributed by atoms with Gasteiger partial charge in [-0.15, -0.1) is 0 Å². The fourth-order valence-electron chi connectivity index (χ4n) is 4.37. The minimum absolute atomic E-state index is 0.0183. The number of likely N-dealkylation sites (N-methyl/N-ethyl adjacent to an activating group) is 1. The van der Waals surface area contributed by atoms with Crippen molar-refractivity contribution in [1.29, 1.82) is 0 Å². The first-order chi connectivity index (χ1) is 16.7. The van der Waals surface area contributed by atoms with Crippen molar-refractivity contribution in [3.63, 3.8) is 0 Å². The zero-order valence-corrected chi connectivity index (χ0v) is 18.6. The van der Waals surface area contributed by atoms with Crippen LogP contribution in [0.1, 0.15) is 20.6 Å². The Hall–Kier alpha value is -4.04. The number of hydrogen-bond acceptors (Lipinski definition) is 6. The van der Waals surface area contributed by atoms with E-state index in [4.69, 9.17) is 12.2 Å². The lowest BCUT2D eigenvalue weighted by molar-refractivity contribution is -0.137. The van der Waals surface area contributed by atoms with Gasteiger partial charge in [0, 0.05) is 37.6 Å². The van der Waals surface area contributed by atoms with Crippen LogP contribution >= 0.6 is 0 Å². The molecule has 0 radical (unpaired) electrons. The number of nitrogens with zero attached hydrogens (tertiary/aromatic N) is 3. The van der Waals surface area contributed by atoms with Gasteiger partial charge in [0.25, 0.3) is 0 Å². The Kier molecular flexibility index (Phi) is 5.07. The van der Waals surface area contributed by atoms with E-state index in [0.717, 1.165) is 16.4 Å². The van der Waals surface area contributed by atoms with Crippen LogP contribution in [0, 0.1) is 0 Å². The highest BCUT2D eigenvalue weighted by Gasteiger charge is 2.46. The quantitative estimate of drug-likeness (QED) is 0.612. The van der Waals surface area contributed by atoms with Gasteiger partial charge in [-0.1, -0.05) is 6.08 Å². The van der Waals surface area contributed by atoms with Gasteiger partial charge in [-0.3, -0.25) is 9.59 Å². The van der Waals surface area contributed by atoms with E-state index in [-0.39, 0.29) is 12.8 Å². The molecule has 4 aliphatic heterocycles. The Balaban J connectivity index is 1.66. The molecule has 0 saturated carbocycles. The molecule has 8 bridgehead atoms. The fraction of sp³-hybridized carbons (Fsp3) is 0.231. The number of aliphatic imine (C=N–C) groups is 2. The van der Waals surface area contributed by atoms with E-state index in [1.807, 2.05) is 48.6 Å². The number of aliphatic carboxylic acids is 1. The molecule has 4 N–H and O–H groups in total. The summed E-state index contributed by atoms with van der Waals surface area (Å²) in [5.41, 5.74) is 8.10. The van der Waals surface area contributed by atoms with E-state index >= 15 is 0 Å². The van der Waals surface area contributed by atoms with E-state index in [2.05, 4.69) is 15.0 Å². The summed E-state index contributed by atoms with van der Waals surface area (Å²) < 4.78 is 8.91. The molecule has 0 spiro atoms. The van der Waals surface area contributed by atoms with Crippen molar-refractivity contribution in [3.05, 3.63) is 82.5 Å². The third-order valence-corrected chi connectivity index (χ3v) is 6.22. The molecule has 34 heavy (non-hydrogen) atoms. The number of aromatic nitrogens is 1. The lowest BCUT2D eigenvalue weighted by atomic mass is 9.84. The van der Waals surface area contributed by atoms with Crippen molar-refractivity contribution in [1.82, 2.24) is 9.88 Å². The van der Waals surface area contributed by atoms with Crippen molar-refractivity contribution >= 4 is 35.3 Å². The van der Waals surface area contributed by atoms with Crippen molar-refractivity contribution in [3.8, 4) is 0 Å². The van der Waals surface area contributed by atoms with Gasteiger partial charge in [-0.05, 0) is 67.2 Å². The van der Waals surface area contributed by atoms with Crippen LogP contribution in [-0.4, -0.2) is 56.8 Å². The van der Waals surface area contributed by atoms with Gasteiger partial charge in [0.05, 0.1) is 28.9 Å². The summed E-state index contributed by atoms with van der Waals surface area (Å²) in [7, 11) is 1.74. The lowest BCUT2D eigenvalue weighted by Crippen LogP contribution is -2.54. The Labute approximate surface area is 197 Å². The molecule has 3 atom stereocenters. The van der Waals surface area contributed by atoms with Gasteiger partial charge < -0.3 is 20.7 Å². The standard InChI is InChI=1S/C26H25N5O3/c1-31-22-10-11-26(31,25(34)23(27)8-9-24(32)33)15-21-7-6-19(30-21)13-17-3-2-16(28-17)12-18-4-5-20(14-22)29-18/h2-7,10,12-15,23,28H,8-9,11,27H2,1H3,(H,32,33)/t23-,26?/m0/s1/i11D/t11?,23-,26?. The summed E-state index contributed by atoms with van der Waals surface area (Å²) in [5.74, 6) is -1.45. The molecule has 0 aliphatic carbocycles. The van der Waals surface area contributed by atoms with E-state index in [0.29, 0.717) is 22.8 Å². The number of H-pyrrole nitrogens is 1. The van der Waals surface area contributed by atoms with Crippen LogP contribution in [0.2, 0.25) is 0 Å². The Morgan fingerprint density at radius 2 is 1.79 bits per heavy atom. The molecule has 2 unspecified atom stereocenters. The van der Waals surface area contributed by atoms with Crippen LogP contribution in [0.3, 0.4) is 0 Å². The van der Waals surface area contributed by atoms with Gasteiger partial charge >= 0.3 is 5.97 Å². The number of ketones is 1. The van der Waals surface area contributed by atoms with E-state index in [1.54, 1.807) is 30.2 Å². The lowest BCUT2D eigenvalue weighted by Gasteiger charge is -2.37. The summed E-state index contributed by atoms with van der Waals surface area (Å²) >= 11 is 0. The van der Waals surface area contributed by atoms with Crippen LogP contribution in [0.25, 0.3) is 12.2 Å². The van der Waals surface area contributed by atoms with Gasteiger partial charge in [-0.2, -0.15) is 0 Å². The number of carboxylic acid groups (broad SMARTS) is 1. The van der Waals surface area contributed by atoms with Gasteiger partial charge in [-0.25, -0.2) is 9.98 Å². The molecule has 1 aromatic rings. The maximum atomic E-state index is 13.8. The molecule has 5 heterocycles. The first kappa shape index (κ1) is 20.6. The molecular weight excluding hydrogens is 430 g/mol.